The summed E-state index contributed by atoms with van der Waals surface area (Å²) in [6, 6.07) is 7.02. The summed E-state index contributed by atoms with van der Waals surface area (Å²) in [6.07, 6.45) is 0.916. The Bertz CT molecular complexity index is 489. The number of hydrogen-bond acceptors (Lipinski definition) is 2. The first-order valence-corrected chi connectivity index (χ1v) is 6.78. The molecule has 0 radical (unpaired) electrons. The highest BCUT2D eigenvalue weighted by Gasteiger charge is 2.32. The molecule has 0 bridgehead atoms. The third kappa shape index (κ3) is 4.68. The van der Waals surface area contributed by atoms with Crippen molar-refractivity contribution in [1.29, 1.82) is 0 Å². The van der Waals surface area contributed by atoms with Crippen LogP contribution in [0.5, 0.6) is 0 Å². The van der Waals surface area contributed by atoms with Crippen LogP contribution in [0.25, 0.3) is 0 Å². The minimum atomic E-state index is -0.998. The molecule has 20 heavy (non-hydrogen) atoms. The van der Waals surface area contributed by atoms with E-state index in [9.17, 15) is 14.7 Å². The molecular weight excluding hydrogens is 254 g/mol. The quantitative estimate of drug-likeness (QED) is 0.869. The number of carbonyl (C=O) groups excluding carboxylic acids is 1. The van der Waals surface area contributed by atoms with E-state index in [0.717, 1.165) is 11.1 Å². The summed E-state index contributed by atoms with van der Waals surface area (Å²) in [4.78, 5) is 23.1. The highest BCUT2D eigenvalue weighted by atomic mass is 16.4. The van der Waals surface area contributed by atoms with Gasteiger partial charge >= 0.3 is 5.97 Å². The van der Waals surface area contributed by atoms with Crippen LogP contribution in [0.2, 0.25) is 0 Å². The lowest BCUT2D eigenvalue weighted by Gasteiger charge is -2.27. The largest absolute Gasteiger partial charge is 0.480 e. The molecule has 0 spiro atoms. The maximum Gasteiger partial charge on any atom is 0.326 e. The molecule has 2 N–H and O–H groups in total. The fourth-order valence-electron chi connectivity index (χ4n) is 2.02. The van der Waals surface area contributed by atoms with Gasteiger partial charge in [0.05, 0.1) is 0 Å². The average Bonchev–Trinajstić information content (AvgIpc) is 2.33. The summed E-state index contributed by atoms with van der Waals surface area (Å²) in [5.41, 5.74) is 1.75. The van der Waals surface area contributed by atoms with Gasteiger partial charge < -0.3 is 10.4 Å². The highest BCUT2D eigenvalue weighted by Crippen LogP contribution is 2.19. The Balaban J connectivity index is 2.60. The molecule has 0 saturated heterocycles. The molecule has 0 aliphatic rings. The lowest BCUT2D eigenvalue weighted by molar-refractivity contribution is -0.144. The number of aliphatic carboxylic acids is 1. The number of benzene rings is 1. The summed E-state index contributed by atoms with van der Waals surface area (Å²) in [6.45, 7) is 7.40. The van der Waals surface area contributed by atoms with E-state index in [1.165, 1.54) is 0 Å². The van der Waals surface area contributed by atoms with Crippen LogP contribution in [0, 0.1) is 12.3 Å². The van der Waals surface area contributed by atoms with E-state index in [1.54, 1.807) is 20.8 Å². The fourth-order valence-corrected chi connectivity index (χ4v) is 2.02. The van der Waals surface area contributed by atoms with Crippen molar-refractivity contribution in [3.05, 3.63) is 35.4 Å². The molecule has 0 unspecified atom stereocenters. The van der Waals surface area contributed by atoms with Crippen molar-refractivity contribution in [3.8, 4) is 0 Å². The maximum absolute atomic E-state index is 11.9. The molecule has 1 atom stereocenters. The normalized spacial score (nSPS) is 12.8. The van der Waals surface area contributed by atoms with Gasteiger partial charge in [0.1, 0.15) is 6.04 Å². The molecule has 1 aromatic carbocycles. The minimum absolute atomic E-state index is 0.226. The third-order valence-corrected chi connectivity index (χ3v) is 3.30. The number of carboxylic acids is 1. The van der Waals surface area contributed by atoms with Crippen molar-refractivity contribution in [3.63, 3.8) is 0 Å². The lowest BCUT2D eigenvalue weighted by atomic mass is 9.86. The van der Waals surface area contributed by atoms with Crippen molar-refractivity contribution in [2.24, 2.45) is 5.41 Å². The molecule has 0 heterocycles. The Kier molecular flexibility index (Phi) is 5.31. The molecule has 0 aliphatic heterocycles. The lowest BCUT2D eigenvalue weighted by Crippen LogP contribution is -2.49. The molecule has 110 valence electrons. The van der Waals surface area contributed by atoms with Crippen LogP contribution in [0.1, 0.15) is 38.3 Å². The third-order valence-electron chi connectivity index (χ3n) is 3.30. The zero-order valence-corrected chi connectivity index (χ0v) is 12.6. The van der Waals surface area contributed by atoms with Crippen LogP contribution in [0.4, 0.5) is 0 Å². The SMILES string of the molecule is Cc1ccccc1CCC(=O)N[C@H](C(=O)O)C(C)(C)C. The van der Waals surface area contributed by atoms with Crippen molar-refractivity contribution in [1.82, 2.24) is 5.32 Å². The van der Waals surface area contributed by atoms with E-state index in [-0.39, 0.29) is 5.91 Å². The zero-order valence-electron chi connectivity index (χ0n) is 12.6. The second kappa shape index (κ2) is 6.55. The molecule has 1 amide bonds. The predicted octanol–water partition coefficient (Wildman–Crippen LogP) is 2.54. The topological polar surface area (TPSA) is 66.4 Å². The minimum Gasteiger partial charge on any atom is -0.480 e. The number of carbonyl (C=O) groups is 2. The van der Waals surface area contributed by atoms with E-state index in [0.29, 0.717) is 12.8 Å². The number of nitrogens with one attached hydrogen (secondary N) is 1. The zero-order chi connectivity index (χ0) is 15.3. The second-order valence-electron chi connectivity index (χ2n) is 6.13. The maximum atomic E-state index is 11.9. The van der Waals surface area contributed by atoms with E-state index in [1.807, 2.05) is 31.2 Å². The smallest absolute Gasteiger partial charge is 0.326 e. The summed E-state index contributed by atoms with van der Waals surface area (Å²) >= 11 is 0. The fraction of sp³-hybridized carbons (Fsp3) is 0.500. The van der Waals surface area contributed by atoms with Gasteiger partial charge in [-0.25, -0.2) is 4.79 Å². The molecule has 1 aromatic rings. The van der Waals surface area contributed by atoms with Crippen LogP contribution in [0.3, 0.4) is 0 Å². The Hall–Kier alpha value is -1.84. The Morgan fingerprint density at radius 3 is 2.35 bits per heavy atom. The van der Waals surface area contributed by atoms with E-state index < -0.39 is 17.4 Å². The van der Waals surface area contributed by atoms with Crippen LogP contribution in [-0.2, 0) is 16.0 Å². The first-order chi connectivity index (χ1) is 9.21. The summed E-state index contributed by atoms with van der Waals surface area (Å²) in [5.74, 6) is -1.22. The van der Waals surface area contributed by atoms with Crippen molar-refractivity contribution < 1.29 is 14.7 Å². The molecule has 0 saturated carbocycles. The van der Waals surface area contributed by atoms with Crippen LogP contribution in [-0.4, -0.2) is 23.0 Å². The van der Waals surface area contributed by atoms with Gasteiger partial charge in [0, 0.05) is 6.42 Å². The van der Waals surface area contributed by atoms with Gasteiger partial charge in [-0.05, 0) is 29.9 Å². The summed E-state index contributed by atoms with van der Waals surface area (Å²) in [5, 5.41) is 11.8. The molecule has 0 fully saturated rings. The standard InChI is InChI=1S/C16H23NO3/c1-11-7-5-6-8-12(11)9-10-13(18)17-14(15(19)20)16(2,3)4/h5-8,14H,9-10H2,1-4H3,(H,17,18)(H,19,20)/t14-/m1/s1. The number of carboxylic acid groups (broad SMARTS) is 1. The molecule has 0 aliphatic carbocycles. The highest BCUT2D eigenvalue weighted by molar-refractivity contribution is 5.84. The first kappa shape index (κ1) is 16.2. The van der Waals surface area contributed by atoms with E-state index >= 15 is 0 Å². The van der Waals surface area contributed by atoms with Gasteiger partial charge in [-0.1, -0.05) is 45.0 Å². The Morgan fingerprint density at radius 1 is 1.25 bits per heavy atom. The van der Waals surface area contributed by atoms with Crippen LogP contribution in [0.15, 0.2) is 24.3 Å². The average molecular weight is 277 g/mol. The molecule has 1 rings (SSSR count). The molecule has 4 heteroatoms. The van der Waals surface area contributed by atoms with Gasteiger partial charge in [0.2, 0.25) is 5.91 Å². The van der Waals surface area contributed by atoms with Gasteiger partial charge in [-0.2, -0.15) is 0 Å². The first-order valence-electron chi connectivity index (χ1n) is 6.78. The number of rotatable bonds is 5. The molecule has 4 nitrogen and oxygen atoms in total. The number of amides is 1. The predicted molar refractivity (Wildman–Crippen MR) is 78.5 cm³/mol. The Morgan fingerprint density at radius 2 is 1.85 bits per heavy atom. The van der Waals surface area contributed by atoms with Crippen LogP contribution >= 0.6 is 0 Å². The molecular formula is C16H23NO3. The summed E-state index contributed by atoms with van der Waals surface area (Å²) in [7, 11) is 0. The van der Waals surface area contributed by atoms with Crippen LogP contribution < -0.4 is 5.32 Å². The van der Waals surface area contributed by atoms with Gasteiger partial charge in [0.15, 0.2) is 0 Å². The van der Waals surface area contributed by atoms with Crippen molar-refractivity contribution >= 4 is 11.9 Å². The number of hydrogen-bond donors (Lipinski definition) is 2. The monoisotopic (exact) mass is 277 g/mol. The molecule has 0 aromatic heterocycles. The van der Waals surface area contributed by atoms with Crippen molar-refractivity contribution in [2.75, 3.05) is 0 Å². The van der Waals surface area contributed by atoms with Gasteiger partial charge in [-0.3, -0.25) is 4.79 Å². The van der Waals surface area contributed by atoms with Gasteiger partial charge in [0.25, 0.3) is 0 Å². The summed E-state index contributed by atoms with van der Waals surface area (Å²) < 4.78 is 0. The van der Waals surface area contributed by atoms with E-state index in [4.69, 9.17) is 0 Å². The second-order valence-corrected chi connectivity index (χ2v) is 6.13. The number of aryl methyl sites for hydroxylation is 2. The van der Waals surface area contributed by atoms with E-state index in [2.05, 4.69) is 5.32 Å². The van der Waals surface area contributed by atoms with Crippen molar-refractivity contribution in [2.45, 2.75) is 46.6 Å². The Labute approximate surface area is 120 Å². The van der Waals surface area contributed by atoms with Gasteiger partial charge in [-0.15, -0.1) is 0 Å².